The zero-order chi connectivity index (χ0) is 11.0. The number of aromatic nitrogens is 1. The molecule has 2 nitrogen and oxygen atoms in total. The van der Waals surface area contributed by atoms with E-state index in [1.54, 1.807) is 18.7 Å². The molecule has 0 unspecified atom stereocenters. The molecule has 0 saturated heterocycles. The summed E-state index contributed by atoms with van der Waals surface area (Å²) in [4.78, 5) is 12.6. The number of thioether (sulfide) groups is 1. The highest BCUT2D eigenvalue weighted by molar-refractivity contribution is 7.98. The second-order valence-electron chi connectivity index (χ2n) is 3.59. The topological polar surface area (TPSA) is 22.0 Å². The third-order valence-corrected chi connectivity index (χ3v) is 3.30. The van der Waals surface area contributed by atoms with Crippen molar-refractivity contribution in [3.05, 3.63) is 30.0 Å². The Labute approximate surface area is 93.3 Å². The minimum atomic E-state index is 0.123. The van der Waals surface area contributed by atoms with E-state index in [9.17, 15) is 4.79 Å². The molecule has 0 saturated carbocycles. The highest BCUT2D eigenvalue weighted by Crippen LogP contribution is 2.25. The van der Waals surface area contributed by atoms with Crippen LogP contribution in [-0.4, -0.2) is 16.6 Å². The number of fused-ring (bicyclic) bond motifs is 1. The lowest BCUT2D eigenvalue weighted by Gasteiger charge is -1.99. The molecule has 0 aliphatic carbocycles. The van der Waals surface area contributed by atoms with Gasteiger partial charge in [-0.15, -0.1) is 11.8 Å². The van der Waals surface area contributed by atoms with Gasteiger partial charge in [0.05, 0.1) is 0 Å². The first kappa shape index (κ1) is 10.3. The standard InChI is InChI=1S/C12H13NOS/c1-8(14)11-7-13(2)12-6-9(15-3)4-5-10(11)12/h4-7H,1-3H3. The Bertz CT molecular complexity index is 528. The van der Waals surface area contributed by atoms with E-state index in [1.807, 2.05) is 23.9 Å². The van der Waals surface area contributed by atoms with E-state index in [0.717, 1.165) is 16.5 Å². The summed E-state index contributed by atoms with van der Waals surface area (Å²) in [6, 6.07) is 6.20. The summed E-state index contributed by atoms with van der Waals surface area (Å²) in [6.45, 7) is 1.61. The van der Waals surface area contributed by atoms with Crippen LogP contribution in [0.3, 0.4) is 0 Å². The van der Waals surface area contributed by atoms with E-state index in [1.165, 1.54) is 4.90 Å². The van der Waals surface area contributed by atoms with Crippen molar-refractivity contribution >= 4 is 28.4 Å². The van der Waals surface area contributed by atoms with Gasteiger partial charge in [0, 0.05) is 34.6 Å². The number of aryl methyl sites for hydroxylation is 1. The highest BCUT2D eigenvalue weighted by atomic mass is 32.2. The van der Waals surface area contributed by atoms with Gasteiger partial charge < -0.3 is 4.57 Å². The lowest BCUT2D eigenvalue weighted by Crippen LogP contribution is -1.88. The molecule has 0 bridgehead atoms. The molecule has 0 N–H and O–H groups in total. The van der Waals surface area contributed by atoms with Gasteiger partial charge in [-0.3, -0.25) is 4.79 Å². The number of nitrogens with zero attached hydrogens (tertiary/aromatic N) is 1. The van der Waals surface area contributed by atoms with Gasteiger partial charge in [-0.2, -0.15) is 0 Å². The molecule has 0 atom stereocenters. The summed E-state index contributed by atoms with van der Waals surface area (Å²) < 4.78 is 2.01. The molecule has 0 spiro atoms. The molecule has 15 heavy (non-hydrogen) atoms. The van der Waals surface area contributed by atoms with Crippen molar-refractivity contribution in [1.29, 1.82) is 0 Å². The Morgan fingerprint density at radius 1 is 1.40 bits per heavy atom. The minimum absolute atomic E-state index is 0.123. The molecular formula is C12H13NOS. The summed E-state index contributed by atoms with van der Waals surface area (Å²) in [5.74, 6) is 0.123. The van der Waals surface area contributed by atoms with Crippen LogP contribution in [0.1, 0.15) is 17.3 Å². The van der Waals surface area contributed by atoms with Crippen LogP contribution in [0.4, 0.5) is 0 Å². The van der Waals surface area contributed by atoms with E-state index >= 15 is 0 Å². The fourth-order valence-corrected chi connectivity index (χ4v) is 2.20. The Hall–Kier alpha value is -1.22. The summed E-state index contributed by atoms with van der Waals surface area (Å²) >= 11 is 1.71. The summed E-state index contributed by atoms with van der Waals surface area (Å²) in [5.41, 5.74) is 1.92. The molecule has 78 valence electrons. The molecule has 2 rings (SSSR count). The lowest BCUT2D eigenvalue weighted by molar-refractivity contribution is 0.101. The van der Waals surface area contributed by atoms with Crippen molar-refractivity contribution in [3.8, 4) is 0 Å². The fourth-order valence-electron chi connectivity index (χ4n) is 1.77. The van der Waals surface area contributed by atoms with Crippen LogP contribution in [0.2, 0.25) is 0 Å². The Kier molecular flexibility index (Phi) is 2.57. The van der Waals surface area contributed by atoms with E-state index in [4.69, 9.17) is 0 Å². The van der Waals surface area contributed by atoms with Gasteiger partial charge in [0.25, 0.3) is 0 Å². The number of carbonyl (C=O) groups is 1. The Morgan fingerprint density at radius 3 is 2.73 bits per heavy atom. The van der Waals surface area contributed by atoms with Crippen LogP contribution in [0, 0.1) is 0 Å². The summed E-state index contributed by atoms with van der Waals surface area (Å²) in [5, 5.41) is 1.04. The number of carbonyl (C=O) groups excluding carboxylic acids is 1. The third-order valence-electron chi connectivity index (χ3n) is 2.58. The van der Waals surface area contributed by atoms with Gasteiger partial charge in [0.2, 0.25) is 0 Å². The number of hydrogen-bond donors (Lipinski definition) is 0. The van der Waals surface area contributed by atoms with Crippen molar-refractivity contribution in [1.82, 2.24) is 4.57 Å². The maximum atomic E-state index is 11.4. The van der Waals surface area contributed by atoms with Crippen molar-refractivity contribution in [2.24, 2.45) is 7.05 Å². The number of ketones is 1. The first-order valence-corrected chi connectivity index (χ1v) is 6.00. The first-order valence-electron chi connectivity index (χ1n) is 4.77. The maximum Gasteiger partial charge on any atom is 0.161 e. The molecule has 2 aromatic rings. The van der Waals surface area contributed by atoms with E-state index < -0.39 is 0 Å². The molecule has 3 heteroatoms. The molecular weight excluding hydrogens is 206 g/mol. The quantitative estimate of drug-likeness (QED) is 0.572. The summed E-state index contributed by atoms with van der Waals surface area (Å²) in [6.07, 6.45) is 3.95. The monoisotopic (exact) mass is 219 g/mol. The van der Waals surface area contributed by atoms with Gasteiger partial charge in [0.1, 0.15) is 0 Å². The van der Waals surface area contributed by atoms with Gasteiger partial charge >= 0.3 is 0 Å². The average molecular weight is 219 g/mol. The molecule has 1 heterocycles. The minimum Gasteiger partial charge on any atom is -0.350 e. The maximum absolute atomic E-state index is 11.4. The molecule has 0 aliphatic heterocycles. The zero-order valence-electron chi connectivity index (χ0n) is 9.07. The van der Waals surface area contributed by atoms with Crippen molar-refractivity contribution in [2.75, 3.05) is 6.26 Å². The van der Waals surface area contributed by atoms with Crippen LogP contribution < -0.4 is 0 Å². The molecule has 1 aromatic heterocycles. The largest absolute Gasteiger partial charge is 0.350 e. The SMILES string of the molecule is CSc1ccc2c(C(C)=O)cn(C)c2c1. The van der Waals surface area contributed by atoms with Gasteiger partial charge in [0.15, 0.2) is 5.78 Å². The number of benzene rings is 1. The van der Waals surface area contributed by atoms with Crippen LogP contribution >= 0.6 is 11.8 Å². The lowest BCUT2D eigenvalue weighted by atomic mass is 10.1. The molecule has 0 amide bonds. The molecule has 0 fully saturated rings. The second kappa shape index (κ2) is 3.74. The molecule has 0 aliphatic rings. The van der Waals surface area contributed by atoms with Gasteiger partial charge in [-0.25, -0.2) is 0 Å². The van der Waals surface area contributed by atoms with Gasteiger partial charge in [-0.1, -0.05) is 6.07 Å². The second-order valence-corrected chi connectivity index (χ2v) is 4.47. The summed E-state index contributed by atoms with van der Waals surface area (Å²) in [7, 11) is 1.97. The highest BCUT2D eigenvalue weighted by Gasteiger charge is 2.10. The van der Waals surface area contributed by atoms with Crippen molar-refractivity contribution in [2.45, 2.75) is 11.8 Å². The number of hydrogen-bond acceptors (Lipinski definition) is 2. The van der Waals surface area contributed by atoms with Crippen molar-refractivity contribution in [3.63, 3.8) is 0 Å². The average Bonchev–Trinajstić information content (AvgIpc) is 2.56. The smallest absolute Gasteiger partial charge is 0.161 e. The van der Waals surface area contributed by atoms with Crippen LogP contribution in [0.5, 0.6) is 0 Å². The third kappa shape index (κ3) is 1.67. The van der Waals surface area contributed by atoms with E-state index in [0.29, 0.717) is 0 Å². The first-order chi connectivity index (χ1) is 7.13. The predicted molar refractivity (Wildman–Crippen MR) is 64.7 cm³/mol. The van der Waals surface area contributed by atoms with Crippen LogP contribution in [0.25, 0.3) is 10.9 Å². The molecule has 0 radical (unpaired) electrons. The normalized spacial score (nSPS) is 10.9. The Morgan fingerprint density at radius 2 is 2.13 bits per heavy atom. The van der Waals surface area contributed by atoms with Crippen LogP contribution in [-0.2, 0) is 7.05 Å². The van der Waals surface area contributed by atoms with Gasteiger partial charge in [-0.05, 0) is 25.3 Å². The Balaban J connectivity index is 2.75. The van der Waals surface area contributed by atoms with E-state index in [-0.39, 0.29) is 5.78 Å². The molecule has 1 aromatic carbocycles. The van der Waals surface area contributed by atoms with E-state index in [2.05, 4.69) is 18.4 Å². The van der Waals surface area contributed by atoms with Crippen LogP contribution in [0.15, 0.2) is 29.3 Å². The zero-order valence-corrected chi connectivity index (χ0v) is 9.89. The number of Topliss-reactive ketones (excluding diaryl/α,β-unsaturated/α-hetero) is 1. The fraction of sp³-hybridized carbons (Fsp3) is 0.250. The predicted octanol–water partition coefficient (Wildman–Crippen LogP) is 3.10. The van der Waals surface area contributed by atoms with Crippen molar-refractivity contribution < 1.29 is 4.79 Å². The number of rotatable bonds is 2.